The summed E-state index contributed by atoms with van der Waals surface area (Å²) in [5.74, 6) is -0.100. The Balaban J connectivity index is 1.72. The molecule has 3 aromatic carbocycles. The highest BCUT2D eigenvalue weighted by molar-refractivity contribution is 7.92. The van der Waals surface area contributed by atoms with Crippen molar-refractivity contribution in [2.75, 3.05) is 18.0 Å². The van der Waals surface area contributed by atoms with Crippen LogP contribution in [0, 0.1) is 5.82 Å². The molecule has 0 aromatic heterocycles. The summed E-state index contributed by atoms with van der Waals surface area (Å²) in [7, 11) is -2.55. The molecule has 1 amide bonds. The fraction of sp³-hybridized carbons (Fsp3) is 0.174. The number of carbonyl (C=O) groups is 1. The maximum Gasteiger partial charge on any atom is 0.264 e. The zero-order valence-corrected chi connectivity index (χ0v) is 18.0. The van der Waals surface area contributed by atoms with Crippen LogP contribution < -0.4 is 14.4 Å². The number of rotatable bonds is 8. The lowest BCUT2D eigenvalue weighted by molar-refractivity contribution is 0.0950. The van der Waals surface area contributed by atoms with Crippen molar-refractivity contribution in [3.8, 4) is 5.75 Å². The van der Waals surface area contributed by atoms with E-state index in [0.717, 1.165) is 15.6 Å². The number of ether oxygens (including phenoxy) is 1. The van der Waals surface area contributed by atoms with E-state index >= 15 is 0 Å². The van der Waals surface area contributed by atoms with Gasteiger partial charge in [-0.05, 0) is 67.1 Å². The van der Waals surface area contributed by atoms with E-state index in [9.17, 15) is 17.6 Å². The van der Waals surface area contributed by atoms with Crippen molar-refractivity contribution in [1.82, 2.24) is 5.32 Å². The van der Waals surface area contributed by atoms with Crippen LogP contribution in [-0.2, 0) is 16.6 Å². The molecule has 0 unspecified atom stereocenters. The smallest absolute Gasteiger partial charge is 0.264 e. The number of carbonyl (C=O) groups excluding carboxylic acids is 1. The molecule has 0 radical (unpaired) electrons. The third-order valence-corrected chi connectivity index (χ3v) is 6.41. The van der Waals surface area contributed by atoms with Crippen molar-refractivity contribution in [2.45, 2.75) is 18.4 Å². The Labute approximate surface area is 181 Å². The maximum atomic E-state index is 13.1. The number of hydrogen-bond acceptors (Lipinski definition) is 4. The summed E-state index contributed by atoms with van der Waals surface area (Å²) in [5.41, 5.74) is 1.42. The normalized spacial score (nSPS) is 11.1. The van der Waals surface area contributed by atoms with Crippen LogP contribution in [0.1, 0.15) is 22.8 Å². The van der Waals surface area contributed by atoms with Gasteiger partial charge in [0.1, 0.15) is 11.6 Å². The number of anilines is 1. The Bertz CT molecular complexity index is 1150. The Morgan fingerprint density at radius 3 is 2.35 bits per heavy atom. The van der Waals surface area contributed by atoms with Crippen LogP contribution in [0.3, 0.4) is 0 Å². The predicted octanol–water partition coefficient (Wildman–Crippen LogP) is 3.98. The van der Waals surface area contributed by atoms with Gasteiger partial charge in [-0.15, -0.1) is 0 Å². The Morgan fingerprint density at radius 1 is 1.03 bits per heavy atom. The molecule has 8 heteroatoms. The molecule has 0 heterocycles. The first kappa shape index (κ1) is 22.3. The first-order valence-electron chi connectivity index (χ1n) is 9.66. The lowest BCUT2D eigenvalue weighted by Gasteiger charge is -2.19. The lowest BCUT2D eigenvalue weighted by Crippen LogP contribution is -2.27. The molecule has 0 aliphatic heterocycles. The first-order valence-corrected chi connectivity index (χ1v) is 11.1. The van der Waals surface area contributed by atoms with Crippen molar-refractivity contribution in [1.29, 1.82) is 0 Å². The number of sulfonamides is 1. The molecule has 0 spiro atoms. The standard InChI is InChI=1S/C23H23FN2O4S/c1-3-30-21-13-7-17(8-14-21)16-25-23(27)18-5-4-6-22(15-18)31(28,29)26(2)20-11-9-19(24)10-12-20/h4-15H,3,16H2,1-2H3,(H,25,27). The quantitative estimate of drug-likeness (QED) is 0.573. The van der Waals surface area contributed by atoms with Crippen LogP contribution in [0.2, 0.25) is 0 Å². The number of nitrogens with one attached hydrogen (secondary N) is 1. The minimum atomic E-state index is -3.92. The first-order chi connectivity index (χ1) is 14.8. The van der Waals surface area contributed by atoms with E-state index in [1.54, 1.807) is 6.07 Å². The second-order valence-corrected chi connectivity index (χ2v) is 8.71. The molecule has 0 fully saturated rings. The summed E-state index contributed by atoms with van der Waals surface area (Å²) in [6.45, 7) is 2.77. The number of halogens is 1. The van der Waals surface area contributed by atoms with E-state index in [4.69, 9.17) is 4.74 Å². The third kappa shape index (κ3) is 5.40. The van der Waals surface area contributed by atoms with Gasteiger partial charge in [0, 0.05) is 19.2 Å². The van der Waals surface area contributed by atoms with Gasteiger partial charge in [-0.25, -0.2) is 12.8 Å². The summed E-state index contributed by atoms with van der Waals surface area (Å²) >= 11 is 0. The Hall–Kier alpha value is -3.39. The van der Waals surface area contributed by atoms with Gasteiger partial charge in [-0.1, -0.05) is 18.2 Å². The van der Waals surface area contributed by atoms with Crippen LogP contribution in [0.4, 0.5) is 10.1 Å². The molecule has 3 aromatic rings. The van der Waals surface area contributed by atoms with E-state index in [1.807, 2.05) is 31.2 Å². The average molecular weight is 443 g/mol. The SMILES string of the molecule is CCOc1ccc(CNC(=O)c2cccc(S(=O)(=O)N(C)c3ccc(F)cc3)c2)cc1. The molecule has 31 heavy (non-hydrogen) atoms. The number of amides is 1. The summed E-state index contributed by atoms with van der Waals surface area (Å²) in [6.07, 6.45) is 0. The minimum absolute atomic E-state index is 0.0342. The minimum Gasteiger partial charge on any atom is -0.494 e. The second kappa shape index (κ2) is 9.61. The molecule has 0 aliphatic carbocycles. The average Bonchev–Trinajstić information content (AvgIpc) is 2.78. The zero-order valence-electron chi connectivity index (χ0n) is 17.2. The van der Waals surface area contributed by atoms with Crippen LogP contribution >= 0.6 is 0 Å². The van der Waals surface area contributed by atoms with Crippen molar-refractivity contribution in [3.05, 3.63) is 89.7 Å². The van der Waals surface area contributed by atoms with Crippen LogP contribution in [0.25, 0.3) is 0 Å². The van der Waals surface area contributed by atoms with Crippen LogP contribution in [-0.4, -0.2) is 28.0 Å². The monoisotopic (exact) mass is 442 g/mol. The van der Waals surface area contributed by atoms with Gasteiger partial charge in [0.2, 0.25) is 0 Å². The summed E-state index contributed by atoms with van der Waals surface area (Å²) in [6, 6.07) is 18.3. The fourth-order valence-corrected chi connectivity index (χ4v) is 4.14. The van der Waals surface area contributed by atoms with Gasteiger partial charge in [-0.3, -0.25) is 9.10 Å². The van der Waals surface area contributed by atoms with E-state index in [1.165, 1.54) is 49.5 Å². The van der Waals surface area contributed by atoms with Crippen LogP contribution in [0.5, 0.6) is 5.75 Å². The van der Waals surface area contributed by atoms with Crippen LogP contribution in [0.15, 0.2) is 77.7 Å². The Morgan fingerprint density at radius 2 is 1.71 bits per heavy atom. The van der Waals surface area contributed by atoms with Crippen molar-refractivity contribution in [3.63, 3.8) is 0 Å². The highest BCUT2D eigenvalue weighted by Crippen LogP contribution is 2.23. The molecule has 162 valence electrons. The molecule has 0 saturated heterocycles. The molecular weight excluding hydrogens is 419 g/mol. The van der Waals surface area contributed by atoms with Crippen molar-refractivity contribution in [2.24, 2.45) is 0 Å². The molecule has 3 rings (SSSR count). The third-order valence-electron chi connectivity index (χ3n) is 4.63. The topological polar surface area (TPSA) is 75.7 Å². The molecule has 0 bridgehead atoms. The maximum absolute atomic E-state index is 13.1. The van der Waals surface area contributed by atoms with Gasteiger partial charge in [0.05, 0.1) is 17.2 Å². The fourth-order valence-electron chi connectivity index (χ4n) is 2.90. The van der Waals surface area contributed by atoms with Gasteiger partial charge < -0.3 is 10.1 Å². The van der Waals surface area contributed by atoms with Gasteiger partial charge in [0.25, 0.3) is 15.9 Å². The van der Waals surface area contributed by atoms with Crippen molar-refractivity contribution < 1.29 is 22.3 Å². The number of nitrogens with zero attached hydrogens (tertiary/aromatic N) is 1. The van der Waals surface area contributed by atoms with E-state index in [2.05, 4.69) is 5.32 Å². The molecule has 1 N–H and O–H groups in total. The largest absolute Gasteiger partial charge is 0.494 e. The Kier molecular flexibility index (Phi) is 6.91. The zero-order chi connectivity index (χ0) is 22.4. The second-order valence-electron chi connectivity index (χ2n) is 6.74. The van der Waals surface area contributed by atoms with E-state index in [0.29, 0.717) is 12.3 Å². The van der Waals surface area contributed by atoms with E-state index < -0.39 is 21.7 Å². The molecule has 0 saturated carbocycles. The molecule has 0 aliphatic rings. The number of benzene rings is 3. The predicted molar refractivity (Wildman–Crippen MR) is 117 cm³/mol. The van der Waals surface area contributed by atoms with Crippen molar-refractivity contribution >= 4 is 21.6 Å². The lowest BCUT2D eigenvalue weighted by atomic mass is 10.2. The highest BCUT2D eigenvalue weighted by atomic mass is 32.2. The summed E-state index contributed by atoms with van der Waals surface area (Å²) < 4.78 is 45.5. The highest BCUT2D eigenvalue weighted by Gasteiger charge is 2.22. The summed E-state index contributed by atoms with van der Waals surface area (Å²) in [4.78, 5) is 12.5. The van der Waals surface area contributed by atoms with Gasteiger partial charge in [-0.2, -0.15) is 0 Å². The van der Waals surface area contributed by atoms with Gasteiger partial charge >= 0.3 is 0 Å². The van der Waals surface area contributed by atoms with Gasteiger partial charge in [0.15, 0.2) is 0 Å². The molecular formula is C23H23FN2O4S. The number of hydrogen-bond donors (Lipinski definition) is 1. The molecule has 0 atom stereocenters. The van der Waals surface area contributed by atoms with E-state index in [-0.39, 0.29) is 17.0 Å². The molecule has 6 nitrogen and oxygen atoms in total. The summed E-state index contributed by atoms with van der Waals surface area (Å²) in [5, 5.41) is 2.78.